The third kappa shape index (κ3) is 6.17. The molecule has 1 atom stereocenters. The highest BCUT2D eigenvalue weighted by atomic mass is 32.2. The summed E-state index contributed by atoms with van der Waals surface area (Å²) in [5, 5.41) is 5.56. The quantitative estimate of drug-likeness (QED) is 0.514. The number of nitrogens with zero attached hydrogens (tertiary/aromatic N) is 1. The average molecular weight is 427 g/mol. The summed E-state index contributed by atoms with van der Waals surface area (Å²) < 4.78 is 5.45. The molecule has 1 heterocycles. The van der Waals surface area contributed by atoms with Crippen LogP contribution in [-0.2, 0) is 16.1 Å². The van der Waals surface area contributed by atoms with Gasteiger partial charge >= 0.3 is 5.97 Å². The Balaban J connectivity index is 1.60. The van der Waals surface area contributed by atoms with Crippen LogP contribution in [0.15, 0.2) is 66.0 Å². The number of hydrogen-bond acceptors (Lipinski definition) is 6. The van der Waals surface area contributed by atoms with Gasteiger partial charge in [-0.25, -0.2) is 9.78 Å². The number of amides is 1. The van der Waals surface area contributed by atoms with E-state index in [9.17, 15) is 9.59 Å². The molecule has 0 aliphatic rings. The Morgan fingerprint density at radius 1 is 1.10 bits per heavy atom. The van der Waals surface area contributed by atoms with Gasteiger partial charge in [0, 0.05) is 16.5 Å². The van der Waals surface area contributed by atoms with Gasteiger partial charge in [0.25, 0.3) is 5.91 Å². The van der Waals surface area contributed by atoms with Gasteiger partial charge in [-0.2, -0.15) is 11.8 Å². The van der Waals surface area contributed by atoms with E-state index < -0.39 is 12.0 Å². The van der Waals surface area contributed by atoms with Crippen molar-refractivity contribution in [2.24, 2.45) is 0 Å². The number of nitrogens with one attached hydrogen (secondary N) is 1. The number of esters is 1. The summed E-state index contributed by atoms with van der Waals surface area (Å²) >= 11 is 3.12. The summed E-state index contributed by atoms with van der Waals surface area (Å²) in [7, 11) is 0. The maximum atomic E-state index is 12.6. The number of rotatable bonds is 9. The number of aromatic nitrogens is 1. The van der Waals surface area contributed by atoms with Crippen LogP contribution in [0.25, 0.3) is 10.6 Å². The fourth-order valence-electron chi connectivity index (χ4n) is 2.65. The second-order valence-corrected chi connectivity index (χ2v) is 8.13. The fraction of sp³-hybridized carbons (Fsp3) is 0.227. The van der Waals surface area contributed by atoms with E-state index in [0.717, 1.165) is 16.3 Å². The number of ether oxygens (including phenoxy) is 1. The van der Waals surface area contributed by atoms with Crippen LogP contribution in [0, 0.1) is 0 Å². The highest BCUT2D eigenvalue weighted by Crippen LogP contribution is 2.23. The van der Waals surface area contributed by atoms with Crippen LogP contribution >= 0.6 is 23.1 Å². The molecule has 3 rings (SSSR count). The van der Waals surface area contributed by atoms with Gasteiger partial charge in [-0.05, 0) is 30.6 Å². The molecule has 1 aromatic heterocycles. The summed E-state index contributed by atoms with van der Waals surface area (Å²) in [5.41, 5.74) is 2.24. The van der Waals surface area contributed by atoms with E-state index in [1.165, 1.54) is 11.3 Å². The molecule has 0 aliphatic heterocycles. The molecule has 0 saturated carbocycles. The van der Waals surface area contributed by atoms with E-state index >= 15 is 0 Å². The van der Waals surface area contributed by atoms with Crippen molar-refractivity contribution in [2.75, 3.05) is 12.0 Å². The lowest BCUT2D eigenvalue weighted by atomic mass is 10.1. The van der Waals surface area contributed by atoms with E-state index in [0.29, 0.717) is 17.7 Å². The molecule has 2 aromatic carbocycles. The zero-order valence-electron chi connectivity index (χ0n) is 16.0. The Hall–Kier alpha value is -2.64. The minimum Gasteiger partial charge on any atom is -0.458 e. The van der Waals surface area contributed by atoms with Gasteiger partial charge in [0.2, 0.25) is 0 Å². The maximum Gasteiger partial charge on any atom is 0.329 e. The van der Waals surface area contributed by atoms with Crippen molar-refractivity contribution >= 4 is 35.0 Å². The molecule has 150 valence electrons. The minimum atomic E-state index is -0.692. The second kappa shape index (κ2) is 10.8. The Morgan fingerprint density at radius 3 is 2.48 bits per heavy atom. The van der Waals surface area contributed by atoms with Gasteiger partial charge in [-0.15, -0.1) is 11.3 Å². The van der Waals surface area contributed by atoms with Crippen LogP contribution in [0.4, 0.5) is 0 Å². The summed E-state index contributed by atoms with van der Waals surface area (Å²) in [6, 6.07) is 18.0. The summed E-state index contributed by atoms with van der Waals surface area (Å²) in [6.07, 6.45) is 2.46. The third-order valence-corrected chi connectivity index (χ3v) is 5.76. The maximum absolute atomic E-state index is 12.6. The first-order chi connectivity index (χ1) is 14.2. The Kier molecular flexibility index (Phi) is 7.84. The highest BCUT2D eigenvalue weighted by molar-refractivity contribution is 7.98. The lowest BCUT2D eigenvalue weighted by molar-refractivity contribution is -0.147. The molecular weight excluding hydrogens is 404 g/mol. The van der Waals surface area contributed by atoms with E-state index in [4.69, 9.17) is 4.74 Å². The summed E-state index contributed by atoms with van der Waals surface area (Å²) in [6.45, 7) is 0.0825. The number of thioether (sulfide) groups is 1. The third-order valence-electron chi connectivity index (χ3n) is 4.17. The number of benzene rings is 2. The normalized spacial score (nSPS) is 11.6. The molecule has 1 unspecified atom stereocenters. The predicted octanol–water partition coefficient (Wildman–Crippen LogP) is 4.41. The fourth-order valence-corrected chi connectivity index (χ4v) is 3.93. The van der Waals surface area contributed by atoms with Crippen molar-refractivity contribution in [1.82, 2.24) is 10.3 Å². The summed E-state index contributed by atoms with van der Waals surface area (Å²) in [4.78, 5) is 29.5. The monoisotopic (exact) mass is 426 g/mol. The molecule has 3 aromatic rings. The van der Waals surface area contributed by atoms with Crippen LogP contribution in [-0.4, -0.2) is 34.9 Å². The molecule has 0 saturated heterocycles. The molecule has 1 N–H and O–H groups in total. The molecule has 29 heavy (non-hydrogen) atoms. The SMILES string of the molecule is CSCCC(NC(=O)c1ccccc1)C(=O)OCc1csc(-c2ccccc2)n1. The zero-order valence-corrected chi connectivity index (χ0v) is 17.7. The Morgan fingerprint density at radius 2 is 1.79 bits per heavy atom. The first-order valence-electron chi connectivity index (χ1n) is 9.18. The van der Waals surface area contributed by atoms with Gasteiger partial charge in [0.05, 0.1) is 5.69 Å². The van der Waals surface area contributed by atoms with E-state index in [1.807, 2.05) is 48.0 Å². The Bertz CT molecular complexity index is 930. The number of carbonyl (C=O) groups is 2. The van der Waals surface area contributed by atoms with Crippen molar-refractivity contribution in [2.45, 2.75) is 19.1 Å². The van der Waals surface area contributed by atoms with Crippen LogP contribution in [0.2, 0.25) is 0 Å². The summed E-state index contributed by atoms with van der Waals surface area (Å²) in [5.74, 6) is 0.00947. The van der Waals surface area contributed by atoms with Gasteiger partial charge in [-0.3, -0.25) is 4.79 Å². The van der Waals surface area contributed by atoms with Crippen molar-refractivity contribution in [3.63, 3.8) is 0 Å². The van der Waals surface area contributed by atoms with E-state index in [1.54, 1.807) is 36.0 Å². The first kappa shape index (κ1) is 21.1. The smallest absolute Gasteiger partial charge is 0.329 e. The van der Waals surface area contributed by atoms with E-state index in [-0.39, 0.29) is 12.5 Å². The molecule has 0 radical (unpaired) electrons. The van der Waals surface area contributed by atoms with Gasteiger partial charge in [0.1, 0.15) is 17.7 Å². The number of carbonyl (C=O) groups excluding carboxylic acids is 2. The highest BCUT2D eigenvalue weighted by Gasteiger charge is 2.23. The lowest BCUT2D eigenvalue weighted by Gasteiger charge is -2.17. The Labute approximate surface area is 178 Å². The molecule has 5 nitrogen and oxygen atoms in total. The topological polar surface area (TPSA) is 68.3 Å². The van der Waals surface area contributed by atoms with Crippen LogP contribution in [0.1, 0.15) is 22.5 Å². The van der Waals surface area contributed by atoms with Crippen LogP contribution in [0.3, 0.4) is 0 Å². The first-order valence-corrected chi connectivity index (χ1v) is 11.5. The van der Waals surface area contributed by atoms with E-state index in [2.05, 4.69) is 10.3 Å². The van der Waals surface area contributed by atoms with Gasteiger partial charge < -0.3 is 10.1 Å². The largest absolute Gasteiger partial charge is 0.458 e. The molecule has 7 heteroatoms. The van der Waals surface area contributed by atoms with Crippen molar-refractivity contribution in [1.29, 1.82) is 0 Å². The number of hydrogen-bond donors (Lipinski definition) is 1. The van der Waals surface area contributed by atoms with Gasteiger partial charge in [-0.1, -0.05) is 48.5 Å². The molecular formula is C22H22N2O3S2. The van der Waals surface area contributed by atoms with Crippen molar-refractivity contribution < 1.29 is 14.3 Å². The van der Waals surface area contributed by atoms with Crippen LogP contribution < -0.4 is 5.32 Å². The average Bonchev–Trinajstić information content (AvgIpc) is 3.25. The lowest BCUT2D eigenvalue weighted by Crippen LogP contribution is -2.42. The van der Waals surface area contributed by atoms with Crippen molar-refractivity contribution in [3.8, 4) is 10.6 Å². The predicted molar refractivity (Wildman–Crippen MR) is 118 cm³/mol. The molecule has 1 amide bonds. The zero-order chi connectivity index (χ0) is 20.5. The van der Waals surface area contributed by atoms with Crippen LogP contribution in [0.5, 0.6) is 0 Å². The molecule has 0 bridgehead atoms. The van der Waals surface area contributed by atoms with Crippen molar-refractivity contribution in [3.05, 3.63) is 77.3 Å². The second-order valence-electron chi connectivity index (χ2n) is 6.29. The standard InChI is InChI=1S/C22H22N2O3S2/c1-28-13-12-19(24-20(25)16-8-4-2-5-9-16)22(26)27-14-18-15-29-21(23-18)17-10-6-3-7-11-17/h2-11,15,19H,12-14H2,1H3,(H,24,25). The molecule has 0 aliphatic carbocycles. The molecule has 0 fully saturated rings. The molecule has 0 spiro atoms. The number of thiazole rings is 1. The minimum absolute atomic E-state index is 0.0825. The van der Waals surface area contributed by atoms with Gasteiger partial charge in [0.15, 0.2) is 0 Å².